The van der Waals surface area contributed by atoms with Gasteiger partial charge >= 0.3 is 5.97 Å². The van der Waals surface area contributed by atoms with Crippen LogP contribution in [0.1, 0.15) is 59.6 Å². The smallest absolute Gasteiger partial charge is 0.376 e. The van der Waals surface area contributed by atoms with Crippen LogP contribution in [0.4, 0.5) is 0 Å². The summed E-state index contributed by atoms with van der Waals surface area (Å²) in [5, 5.41) is 6.52. The first-order chi connectivity index (χ1) is 9.20. The standard InChI is InChI=1S/C13H18N2O4/c1-18-13(17)11-8-10(15-19-11)12(16)14-9-6-4-2-3-5-7-9/h8-9H,2-7H2,1H3,(H,14,16). The molecule has 1 heterocycles. The summed E-state index contributed by atoms with van der Waals surface area (Å²) in [7, 11) is 1.25. The number of esters is 1. The van der Waals surface area contributed by atoms with E-state index in [9.17, 15) is 9.59 Å². The Morgan fingerprint density at radius 1 is 1.32 bits per heavy atom. The second-order valence-electron chi connectivity index (χ2n) is 4.73. The van der Waals surface area contributed by atoms with Gasteiger partial charge in [-0.25, -0.2) is 4.79 Å². The van der Waals surface area contributed by atoms with Crippen LogP contribution in [-0.2, 0) is 4.74 Å². The van der Waals surface area contributed by atoms with Crippen LogP contribution in [-0.4, -0.2) is 30.2 Å². The Morgan fingerprint density at radius 3 is 2.63 bits per heavy atom. The van der Waals surface area contributed by atoms with E-state index in [2.05, 4.69) is 15.2 Å². The number of hydrogen-bond donors (Lipinski definition) is 1. The summed E-state index contributed by atoms with van der Waals surface area (Å²) in [6, 6.07) is 1.49. The van der Waals surface area contributed by atoms with Crippen molar-refractivity contribution >= 4 is 11.9 Å². The second kappa shape index (κ2) is 6.36. The molecule has 0 bridgehead atoms. The summed E-state index contributed by atoms with van der Waals surface area (Å²) in [4.78, 5) is 23.2. The van der Waals surface area contributed by atoms with Gasteiger partial charge in [-0.05, 0) is 12.8 Å². The molecule has 0 spiro atoms. The zero-order chi connectivity index (χ0) is 13.7. The van der Waals surface area contributed by atoms with Crippen LogP contribution >= 0.6 is 0 Å². The fourth-order valence-corrected chi connectivity index (χ4v) is 2.26. The molecule has 1 aromatic rings. The van der Waals surface area contributed by atoms with Gasteiger partial charge in [0.2, 0.25) is 5.76 Å². The van der Waals surface area contributed by atoms with Gasteiger partial charge in [0, 0.05) is 12.1 Å². The van der Waals surface area contributed by atoms with Crippen LogP contribution in [0.3, 0.4) is 0 Å². The van der Waals surface area contributed by atoms with Crippen LogP contribution < -0.4 is 5.32 Å². The second-order valence-corrected chi connectivity index (χ2v) is 4.73. The highest BCUT2D eigenvalue weighted by Crippen LogP contribution is 2.17. The lowest BCUT2D eigenvalue weighted by molar-refractivity contribution is 0.0554. The number of nitrogens with zero attached hydrogens (tertiary/aromatic N) is 1. The quantitative estimate of drug-likeness (QED) is 0.667. The van der Waals surface area contributed by atoms with E-state index in [1.165, 1.54) is 26.0 Å². The molecule has 1 aromatic heterocycles. The van der Waals surface area contributed by atoms with Gasteiger partial charge in [-0.15, -0.1) is 0 Å². The lowest BCUT2D eigenvalue weighted by Crippen LogP contribution is -2.34. The van der Waals surface area contributed by atoms with E-state index in [4.69, 9.17) is 4.52 Å². The molecule has 19 heavy (non-hydrogen) atoms. The van der Waals surface area contributed by atoms with Gasteiger partial charge in [-0.3, -0.25) is 4.79 Å². The van der Waals surface area contributed by atoms with Crippen LogP contribution in [0.5, 0.6) is 0 Å². The van der Waals surface area contributed by atoms with Crippen molar-refractivity contribution in [1.29, 1.82) is 0 Å². The minimum atomic E-state index is -0.638. The van der Waals surface area contributed by atoms with Crippen LogP contribution in [0.2, 0.25) is 0 Å². The van der Waals surface area contributed by atoms with Gasteiger partial charge < -0.3 is 14.6 Å². The normalized spacial score (nSPS) is 16.7. The SMILES string of the molecule is COC(=O)c1cc(C(=O)NC2CCCCCC2)no1. The minimum absolute atomic E-state index is 0.0616. The summed E-state index contributed by atoms with van der Waals surface area (Å²) in [5.74, 6) is -1.000. The van der Waals surface area contributed by atoms with E-state index in [1.54, 1.807) is 0 Å². The van der Waals surface area contributed by atoms with E-state index in [0.717, 1.165) is 25.7 Å². The molecule has 1 amide bonds. The first kappa shape index (κ1) is 13.6. The Morgan fingerprint density at radius 2 is 2.00 bits per heavy atom. The fourth-order valence-electron chi connectivity index (χ4n) is 2.26. The molecular weight excluding hydrogens is 248 g/mol. The highest BCUT2D eigenvalue weighted by atomic mass is 16.5. The zero-order valence-corrected chi connectivity index (χ0v) is 11.0. The van der Waals surface area contributed by atoms with E-state index >= 15 is 0 Å². The molecule has 0 saturated heterocycles. The molecule has 1 N–H and O–H groups in total. The molecule has 2 rings (SSSR count). The Labute approximate surface area is 111 Å². The Bertz CT molecular complexity index is 447. The van der Waals surface area contributed by atoms with Gasteiger partial charge in [0.15, 0.2) is 5.69 Å². The van der Waals surface area contributed by atoms with Gasteiger partial charge in [0.1, 0.15) is 0 Å². The van der Waals surface area contributed by atoms with Crippen molar-refractivity contribution in [2.75, 3.05) is 7.11 Å². The molecule has 0 unspecified atom stereocenters. The van der Waals surface area contributed by atoms with E-state index in [1.807, 2.05) is 0 Å². The minimum Gasteiger partial charge on any atom is -0.463 e. The van der Waals surface area contributed by atoms with Crippen molar-refractivity contribution in [3.63, 3.8) is 0 Å². The molecular formula is C13H18N2O4. The van der Waals surface area contributed by atoms with Gasteiger partial charge in [0.05, 0.1) is 7.11 Å². The summed E-state index contributed by atoms with van der Waals surface area (Å²) in [6.07, 6.45) is 6.71. The maximum Gasteiger partial charge on any atom is 0.376 e. The number of aromatic nitrogens is 1. The van der Waals surface area contributed by atoms with Gasteiger partial charge in [0.25, 0.3) is 5.91 Å². The van der Waals surface area contributed by atoms with Crippen molar-refractivity contribution in [1.82, 2.24) is 10.5 Å². The summed E-state index contributed by atoms with van der Waals surface area (Å²) in [6.45, 7) is 0. The first-order valence-electron chi connectivity index (χ1n) is 6.56. The van der Waals surface area contributed by atoms with Crippen molar-refractivity contribution in [3.05, 3.63) is 17.5 Å². The number of nitrogens with one attached hydrogen (secondary N) is 1. The molecule has 1 aliphatic rings. The Hall–Kier alpha value is -1.85. The number of carbonyl (C=O) groups is 2. The summed E-state index contributed by atoms with van der Waals surface area (Å²) >= 11 is 0. The Kier molecular flexibility index (Phi) is 4.54. The topological polar surface area (TPSA) is 81.4 Å². The average Bonchev–Trinajstić information content (AvgIpc) is 2.78. The predicted octanol–water partition coefficient (Wildman–Crippen LogP) is 1.91. The van der Waals surface area contributed by atoms with E-state index in [0.29, 0.717) is 0 Å². The highest BCUT2D eigenvalue weighted by molar-refractivity contribution is 5.95. The molecule has 0 aliphatic heterocycles. The number of hydrogen-bond acceptors (Lipinski definition) is 5. The third-order valence-electron chi connectivity index (χ3n) is 3.32. The predicted molar refractivity (Wildman–Crippen MR) is 66.8 cm³/mol. The monoisotopic (exact) mass is 266 g/mol. The molecule has 6 nitrogen and oxygen atoms in total. The van der Waals surface area contributed by atoms with E-state index < -0.39 is 5.97 Å². The van der Waals surface area contributed by atoms with Crippen LogP contribution in [0, 0.1) is 0 Å². The zero-order valence-electron chi connectivity index (χ0n) is 11.0. The molecule has 1 fully saturated rings. The molecule has 0 radical (unpaired) electrons. The molecule has 104 valence electrons. The first-order valence-corrected chi connectivity index (χ1v) is 6.56. The van der Waals surface area contributed by atoms with Crippen LogP contribution in [0.25, 0.3) is 0 Å². The number of amides is 1. The van der Waals surface area contributed by atoms with Crippen molar-refractivity contribution in [2.45, 2.75) is 44.6 Å². The lowest BCUT2D eigenvalue weighted by atomic mass is 10.1. The number of carbonyl (C=O) groups excluding carboxylic acids is 2. The summed E-state index contributed by atoms with van der Waals surface area (Å²) < 4.78 is 9.26. The largest absolute Gasteiger partial charge is 0.463 e. The number of ether oxygens (including phenoxy) is 1. The number of rotatable bonds is 3. The molecule has 0 aromatic carbocycles. The highest BCUT2D eigenvalue weighted by Gasteiger charge is 2.20. The Balaban J connectivity index is 1.95. The number of methoxy groups -OCH3 is 1. The molecule has 0 atom stereocenters. The van der Waals surface area contributed by atoms with Crippen molar-refractivity contribution in [2.24, 2.45) is 0 Å². The van der Waals surface area contributed by atoms with Crippen molar-refractivity contribution < 1.29 is 18.8 Å². The average molecular weight is 266 g/mol. The maximum atomic E-state index is 12.0. The molecule has 1 aliphatic carbocycles. The van der Waals surface area contributed by atoms with Gasteiger partial charge in [-0.1, -0.05) is 30.8 Å². The lowest BCUT2D eigenvalue weighted by Gasteiger charge is -2.14. The fraction of sp³-hybridized carbons (Fsp3) is 0.615. The third kappa shape index (κ3) is 3.56. The van der Waals surface area contributed by atoms with Gasteiger partial charge in [-0.2, -0.15) is 0 Å². The maximum absolute atomic E-state index is 12.0. The molecule has 6 heteroatoms. The summed E-state index contributed by atoms with van der Waals surface area (Å²) in [5.41, 5.74) is 0.115. The van der Waals surface area contributed by atoms with Crippen LogP contribution in [0.15, 0.2) is 10.6 Å². The molecule has 1 saturated carbocycles. The van der Waals surface area contributed by atoms with E-state index in [-0.39, 0.29) is 23.4 Å². The van der Waals surface area contributed by atoms with Crippen molar-refractivity contribution in [3.8, 4) is 0 Å². The third-order valence-corrected chi connectivity index (χ3v) is 3.32.